The number of ketones is 1. The standard InChI is InChI=1S/C15H18N4O2S2/c1-9-7-14(16)19-15(18-9)22-8-12(21)13-4-3-11(23-13)5-6-17-10(2)20/h3-4,7H,5-6,8H2,1-2H3,(H,17,20)(H2,16,18,19). The number of rotatable bonds is 7. The van der Waals surface area contributed by atoms with Gasteiger partial charge in [0.05, 0.1) is 10.6 Å². The summed E-state index contributed by atoms with van der Waals surface area (Å²) in [5.74, 6) is 0.666. The van der Waals surface area contributed by atoms with Gasteiger partial charge in [-0.15, -0.1) is 11.3 Å². The molecule has 2 heterocycles. The first-order chi connectivity index (χ1) is 10.9. The number of hydrogen-bond donors (Lipinski definition) is 2. The van der Waals surface area contributed by atoms with Crippen LogP contribution < -0.4 is 11.1 Å². The van der Waals surface area contributed by atoms with Gasteiger partial charge in [-0.3, -0.25) is 9.59 Å². The molecule has 0 fully saturated rings. The number of nitrogens with two attached hydrogens (primary N) is 1. The molecule has 0 aliphatic heterocycles. The Labute approximate surface area is 142 Å². The Kier molecular flexibility index (Phi) is 6.12. The topological polar surface area (TPSA) is 98.0 Å². The molecule has 6 nitrogen and oxygen atoms in total. The van der Waals surface area contributed by atoms with Crippen LogP contribution in [0.4, 0.5) is 5.82 Å². The number of nitrogens with zero attached hydrogens (tertiary/aromatic N) is 2. The molecule has 0 radical (unpaired) electrons. The molecule has 0 aromatic carbocycles. The van der Waals surface area contributed by atoms with Gasteiger partial charge in [-0.1, -0.05) is 11.8 Å². The first-order valence-electron chi connectivity index (χ1n) is 7.04. The van der Waals surface area contributed by atoms with Crippen LogP contribution in [0, 0.1) is 6.92 Å². The minimum absolute atomic E-state index is 0.0365. The zero-order chi connectivity index (χ0) is 16.8. The van der Waals surface area contributed by atoms with Crippen LogP contribution in [0.1, 0.15) is 27.2 Å². The first-order valence-corrected chi connectivity index (χ1v) is 8.84. The lowest BCUT2D eigenvalue weighted by Crippen LogP contribution is -2.22. The van der Waals surface area contributed by atoms with Gasteiger partial charge in [-0.25, -0.2) is 9.97 Å². The van der Waals surface area contributed by atoms with Gasteiger partial charge in [0.1, 0.15) is 5.82 Å². The smallest absolute Gasteiger partial charge is 0.216 e. The van der Waals surface area contributed by atoms with E-state index >= 15 is 0 Å². The lowest BCUT2D eigenvalue weighted by Gasteiger charge is -2.02. The summed E-state index contributed by atoms with van der Waals surface area (Å²) in [7, 11) is 0. The molecule has 3 N–H and O–H groups in total. The van der Waals surface area contributed by atoms with Crippen LogP contribution in [-0.2, 0) is 11.2 Å². The van der Waals surface area contributed by atoms with Gasteiger partial charge in [0, 0.05) is 30.1 Å². The minimum Gasteiger partial charge on any atom is -0.384 e. The minimum atomic E-state index is -0.0494. The van der Waals surface area contributed by atoms with Crippen molar-refractivity contribution in [2.45, 2.75) is 25.4 Å². The lowest BCUT2D eigenvalue weighted by atomic mass is 10.3. The molecule has 0 spiro atoms. The van der Waals surface area contributed by atoms with E-state index in [4.69, 9.17) is 5.73 Å². The number of nitrogens with one attached hydrogen (secondary N) is 1. The molecule has 23 heavy (non-hydrogen) atoms. The summed E-state index contributed by atoms with van der Waals surface area (Å²) in [6.45, 7) is 3.90. The molecule has 0 atom stereocenters. The number of nitrogen functional groups attached to an aromatic ring is 1. The van der Waals surface area contributed by atoms with E-state index in [1.54, 1.807) is 6.07 Å². The number of thiophene rings is 1. The summed E-state index contributed by atoms with van der Waals surface area (Å²) in [5.41, 5.74) is 6.45. The predicted molar refractivity (Wildman–Crippen MR) is 92.9 cm³/mol. The molecule has 0 saturated carbocycles. The summed E-state index contributed by atoms with van der Waals surface area (Å²) >= 11 is 2.74. The van der Waals surface area contributed by atoms with Crippen molar-refractivity contribution in [2.75, 3.05) is 18.0 Å². The van der Waals surface area contributed by atoms with Crippen LogP contribution in [0.5, 0.6) is 0 Å². The quantitative estimate of drug-likeness (QED) is 0.451. The van der Waals surface area contributed by atoms with Crippen LogP contribution >= 0.6 is 23.1 Å². The summed E-state index contributed by atoms with van der Waals surface area (Å²) in [4.78, 5) is 33.2. The summed E-state index contributed by atoms with van der Waals surface area (Å²) in [6.07, 6.45) is 0.724. The van der Waals surface area contributed by atoms with Gasteiger partial charge in [-0.05, 0) is 25.5 Å². The summed E-state index contributed by atoms with van der Waals surface area (Å²) in [5, 5.41) is 3.25. The molecule has 0 bridgehead atoms. The Balaban J connectivity index is 1.88. The highest BCUT2D eigenvalue weighted by Crippen LogP contribution is 2.21. The van der Waals surface area contributed by atoms with Crippen molar-refractivity contribution in [1.82, 2.24) is 15.3 Å². The van der Waals surface area contributed by atoms with Crippen LogP contribution in [0.3, 0.4) is 0 Å². The number of aromatic nitrogens is 2. The van der Waals surface area contributed by atoms with E-state index in [9.17, 15) is 9.59 Å². The van der Waals surface area contributed by atoms with Gasteiger partial charge < -0.3 is 11.1 Å². The zero-order valence-electron chi connectivity index (χ0n) is 13.0. The second-order valence-electron chi connectivity index (χ2n) is 4.93. The fraction of sp³-hybridized carbons (Fsp3) is 0.333. The van der Waals surface area contributed by atoms with E-state index in [-0.39, 0.29) is 17.4 Å². The highest BCUT2D eigenvalue weighted by atomic mass is 32.2. The Bertz CT molecular complexity index is 695. The third-order valence-electron chi connectivity index (χ3n) is 2.87. The second kappa shape index (κ2) is 8.07. The van der Waals surface area contributed by atoms with Crippen molar-refractivity contribution in [3.63, 3.8) is 0 Å². The highest BCUT2D eigenvalue weighted by Gasteiger charge is 2.11. The van der Waals surface area contributed by atoms with Crippen LogP contribution in [-0.4, -0.2) is 34.0 Å². The van der Waals surface area contributed by atoms with E-state index in [1.165, 1.54) is 30.0 Å². The first kappa shape index (κ1) is 17.4. The van der Waals surface area contributed by atoms with E-state index in [0.717, 1.165) is 17.0 Å². The molecule has 0 aliphatic carbocycles. The van der Waals surface area contributed by atoms with Gasteiger partial charge >= 0.3 is 0 Å². The number of hydrogen-bond acceptors (Lipinski definition) is 7. The van der Waals surface area contributed by atoms with Crippen molar-refractivity contribution in [3.8, 4) is 0 Å². The van der Waals surface area contributed by atoms with Crippen molar-refractivity contribution >= 4 is 40.6 Å². The maximum Gasteiger partial charge on any atom is 0.216 e. The highest BCUT2D eigenvalue weighted by molar-refractivity contribution is 7.99. The van der Waals surface area contributed by atoms with Crippen molar-refractivity contribution in [2.24, 2.45) is 0 Å². The number of anilines is 1. The maximum atomic E-state index is 12.2. The van der Waals surface area contributed by atoms with Crippen molar-refractivity contribution in [1.29, 1.82) is 0 Å². The molecule has 1 amide bonds. The molecular weight excluding hydrogens is 332 g/mol. The third kappa shape index (κ3) is 5.65. The predicted octanol–water partition coefficient (Wildman–Crippen LogP) is 2.08. The van der Waals surface area contributed by atoms with E-state index in [0.29, 0.717) is 22.4 Å². The molecule has 0 unspecified atom stereocenters. The average molecular weight is 350 g/mol. The number of thioether (sulfide) groups is 1. The largest absolute Gasteiger partial charge is 0.384 e. The summed E-state index contributed by atoms with van der Waals surface area (Å²) < 4.78 is 0. The lowest BCUT2D eigenvalue weighted by molar-refractivity contribution is -0.118. The maximum absolute atomic E-state index is 12.2. The average Bonchev–Trinajstić information content (AvgIpc) is 2.92. The van der Waals surface area contributed by atoms with Crippen LogP contribution in [0.25, 0.3) is 0 Å². The van der Waals surface area contributed by atoms with E-state index in [1.807, 2.05) is 19.1 Å². The number of aryl methyl sites for hydroxylation is 1. The van der Waals surface area contributed by atoms with E-state index in [2.05, 4.69) is 15.3 Å². The molecule has 2 rings (SSSR count). The molecule has 8 heteroatoms. The fourth-order valence-corrected chi connectivity index (χ4v) is 3.68. The Morgan fingerprint density at radius 3 is 2.83 bits per heavy atom. The Morgan fingerprint density at radius 2 is 2.13 bits per heavy atom. The number of amides is 1. The van der Waals surface area contributed by atoms with Gasteiger partial charge in [0.15, 0.2) is 10.9 Å². The Hall–Kier alpha value is -1.93. The van der Waals surface area contributed by atoms with Gasteiger partial charge in [0.2, 0.25) is 5.91 Å². The van der Waals surface area contributed by atoms with Crippen molar-refractivity contribution in [3.05, 3.63) is 33.6 Å². The molecule has 2 aromatic heterocycles. The molecule has 2 aromatic rings. The van der Waals surface area contributed by atoms with Crippen molar-refractivity contribution < 1.29 is 9.59 Å². The number of carbonyl (C=O) groups excluding carboxylic acids is 2. The molecule has 122 valence electrons. The third-order valence-corrected chi connectivity index (χ3v) is 4.90. The van der Waals surface area contributed by atoms with Gasteiger partial charge in [-0.2, -0.15) is 0 Å². The van der Waals surface area contributed by atoms with Gasteiger partial charge in [0.25, 0.3) is 0 Å². The molecule has 0 aliphatic rings. The van der Waals surface area contributed by atoms with Crippen LogP contribution in [0.15, 0.2) is 23.4 Å². The Morgan fingerprint density at radius 1 is 1.35 bits per heavy atom. The number of Topliss-reactive ketones (excluding diaryl/α,β-unsaturated/α-hetero) is 1. The summed E-state index contributed by atoms with van der Waals surface area (Å²) in [6, 6.07) is 5.43. The second-order valence-corrected chi connectivity index (χ2v) is 7.04. The van der Waals surface area contributed by atoms with E-state index < -0.39 is 0 Å². The normalized spacial score (nSPS) is 10.5. The zero-order valence-corrected chi connectivity index (χ0v) is 14.6. The SMILES string of the molecule is CC(=O)NCCc1ccc(C(=O)CSc2nc(C)cc(N)n2)s1. The monoisotopic (exact) mass is 350 g/mol. The fourth-order valence-electron chi connectivity index (χ4n) is 1.85. The molecular formula is C15H18N4O2S2. The number of carbonyl (C=O) groups is 2. The van der Waals surface area contributed by atoms with Crippen LogP contribution in [0.2, 0.25) is 0 Å². The molecule has 0 saturated heterocycles.